The van der Waals surface area contributed by atoms with Gasteiger partial charge in [-0.15, -0.1) is 10.2 Å². The number of carbonyl (C=O) groups excluding carboxylic acids is 1. The minimum Gasteiger partial charge on any atom is -0.329 e. The fourth-order valence-corrected chi connectivity index (χ4v) is 4.03. The van der Waals surface area contributed by atoms with Crippen molar-refractivity contribution in [2.75, 3.05) is 6.54 Å². The number of pyridine rings is 1. The van der Waals surface area contributed by atoms with Gasteiger partial charge < -0.3 is 9.47 Å². The van der Waals surface area contributed by atoms with Gasteiger partial charge >= 0.3 is 0 Å². The highest BCUT2D eigenvalue weighted by atomic mass is 16.2. The molecule has 1 amide bonds. The molecule has 5 rings (SSSR count). The van der Waals surface area contributed by atoms with Crippen LogP contribution in [0.3, 0.4) is 0 Å². The predicted molar refractivity (Wildman–Crippen MR) is 96.5 cm³/mol. The van der Waals surface area contributed by atoms with Gasteiger partial charge in [-0.2, -0.15) is 0 Å². The quantitative estimate of drug-likeness (QED) is 0.716. The molecule has 3 aromatic rings. The lowest BCUT2D eigenvalue weighted by atomic mass is 10.0. The number of hydrogen-bond donors (Lipinski definition) is 0. The average molecular weight is 345 g/mol. The Labute approximate surface area is 151 Å². The number of aromatic nitrogens is 4. The summed E-state index contributed by atoms with van der Waals surface area (Å²) < 4.78 is 2.09. The minimum atomic E-state index is 0.112. The molecule has 130 valence electrons. The Balaban J connectivity index is 1.43. The maximum absolute atomic E-state index is 13.1. The Morgan fingerprint density at radius 3 is 2.88 bits per heavy atom. The van der Waals surface area contributed by atoms with E-state index in [9.17, 15) is 4.79 Å². The van der Waals surface area contributed by atoms with Crippen molar-refractivity contribution >= 4 is 5.91 Å². The first-order chi connectivity index (χ1) is 12.8. The molecule has 0 saturated carbocycles. The molecule has 1 aromatic carbocycles. The second-order valence-corrected chi connectivity index (χ2v) is 6.86. The normalized spacial score (nSPS) is 15.6. The Bertz CT molecular complexity index is 979. The second kappa shape index (κ2) is 6.05. The van der Waals surface area contributed by atoms with E-state index in [0.29, 0.717) is 19.6 Å². The fourth-order valence-electron chi connectivity index (χ4n) is 4.03. The van der Waals surface area contributed by atoms with Gasteiger partial charge in [-0.1, -0.05) is 12.1 Å². The smallest absolute Gasteiger partial charge is 0.254 e. The minimum absolute atomic E-state index is 0.112. The van der Waals surface area contributed by atoms with Crippen molar-refractivity contribution < 1.29 is 4.79 Å². The van der Waals surface area contributed by atoms with Crippen LogP contribution in [0, 0.1) is 0 Å². The third-order valence-electron chi connectivity index (χ3n) is 5.34. The monoisotopic (exact) mass is 345 g/mol. The van der Waals surface area contributed by atoms with E-state index < -0.39 is 0 Å². The standard InChI is InChI=1S/C20H19N5O/c26-20(17-8-2-5-14-4-1-7-16(14)17)24-10-11-25-18(13-24)22-23-19(25)15-6-3-9-21-12-15/h2-3,5-6,8-9,12H,1,4,7,10-11,13H2. The van der Waals surface area contributed by atoms with Crippen LogP contribution in [0.4, 0.5) is 0 Å². The summed E-state index contributed by atoms with van der Waals surface area (Å²) in [5.74, 6) is 1.76. The van der Waals surface area contributed by atoms with Crippen molar-refractivity contribution in [3.63, 3.8) is 0 Å². The van der Waals surface area contributed by atoms with E-state index in [1.807, 2.05) is 29.2 Å². The molecule has 6 heteroatoms. The lowest BCUT2D eigenvalue weighted by Gasteiger charge is -2.28. The van der Waals surface area contributed by atoms with Crippen molar-refractivity contribution in [1.82, 2.24) is 24.6 Å². The highest BCUT2D eigenvalue weighted by Crippen LogP contribution is 2.27. The van der Waals surface area contributed by atoms with Gasteiger partial charge in [0.25, 0.3) is 5.91 Å². The van der Waals surface area contributed by atoms with Gasteiger partial charge in [0, 0.05) is 36.6 Å². The number of amides is 1. The van der Waals surface area contributed by atoms with Crippen molar-refractivity contribution in [3.8, 4) is 11.4 Å². The van der Waals surface area contributed by atoms with Crippen LogP contribution in [0.5, 0.6) is 0 Å². The van der Waals surface area contributed by atoms with Gasteiger partial charge in [0.05, 0.1) is 6.54 Å². The topological polar surface area (TPSA) is 63.9 Å². The highest BCUT2D eigenvalue weighted by Gasteiger charge is 2.28. The zero-order chi connectivity index (χ0) is 17.5. The number of rotatable bonds is 2. The number of fused-ring (bicyclic) bond motifs is 2. The predicted octanol–water partition coefficient (Wildman–Crippen LogP) is 2.48. The molecule has 26 heavy (non-hydrogen) atoms. The van der Waals surface area contributed by atoms with Crippen LogP contribution in [0.25, 0.3) is 11.4 Å². The van der Waals surface area contributed by atoms with Gasteiger partial charge in [0.15, 0.2) is 11.6 Å². The molecule has 3 heterocycles. The van der Waals surface area contributed by atoms with E-state index in [1.165, 1.54) is 11.1 Å². The van der Waals surface area contributed by atoms with Crippen molar-refractivity contribution in [1.29, 1.82) is 0 Å². The van der Waals surface area contributed by atoms with Gasteiger partial charge in [0.2, 0.25) is 0 Å². The van der Waals surface area contributed by atoms with Crippen LogP contribution in [0.1, 0.15) is 33.7 Å². The molecule has 0 spiro atoms. The lowest BCUT2D eigenvalue weighted by molar-refractivity contribution is 0.0707. The fraction of sp³-hybridized carbons (Fsp3) is 0.300. The number of benzene rings is 1. The molecule has 1 aliphatic carbocycles. The van der Waals surface area contributed by atoms with Gasteiger partial charge in [-0.3, -0.25) is 9.78 Å². The summed E-state index contributed by atoms with van der Waals surface area (Å²) >= 11 is 0. The molecule has 0 unspecified atom stereocenters. The summed E-state index contributed by atoms with van der Waals surface area (Å²) in [7, 11) is 0. The maximum atomic E-state index is 13.1. The summed E-state index contributed by atoms with van der Waals surface area (Å²) in [5.41, 5.74) is 4.38. The van der Waals surface area contributed by atoms with Crippen LogP contribution in [-0.2, 0) is 25.9 Å². The van der Waals surface area contributed by atoms with Crippen LogP contribution in [0.2, 0.25) is 0 Å². The molecule has 2 aliphatic rings. The van der Waals surface area contributed by atoms with E-state index in [0.717, 1.165) is 42.0 Å². The summed E-state index contributed by atoms with van der Waals surface area (Å²) in [6.07, 6.45) is 6.77. The largest absolute Gasteiger partial charge is 0.329 e. The summed E-state index contributed by atoms with van der Waals surface area (Å²) in [6, 6.07) is 9.99. The number of nitrogens with zero attached hydrogens (tertiary/aromatic N) is 5. The Hall–Kier alpha value is -3.02. The number of aryl methyl sites for hydroxylation is 1. The Kier molecular flexibility index (Phi) is 3.55. The first-order valence-electron chi connectivity index (χ1n) is 9.04. The summed E-state index contributed by atoms with van der Waals surface area (Å²) in [4.78, 5) is 19.2. The molecule has 0 saturated heterocycles. The van der Waals surface area contributed by atoms with E-state index in [4.69, 9.17) is 0 Å². The molecule has 0 radical (unpaired) electrons. The zero-order valence-electron chi connectivity index (χ0n) is 14.4. The Morgan fingerprint density at radius 2 is 2.00 bits per heavy atom. The molecule has 0 fully saturated rings. The molecule has 0 N–H and O–H groups in total. The third-order valence-corrected chi connectivity index (χ3v) is 5.34. The van der Waals surface area contributed by atoms with Crippen LogP contribution < -0.4 is 0 Å². The first-order valence-corrected chi connectivity index (χ1v) is 9.04. The second-order valence-electron chi connectivity index (χ2n) is 6.86. The van der Waals surface area contributed by atoms with Crippen LogP contribution >= 0.6 is 0 Å². The molecule has 0 bridgehead atoms. The van der Waals surface area contributed by atoms with Gasteiger partial charge in [-0.25, -0.2) is 0 Å². The van der Waals surface area contributed by atoms with Crippen LogP contribution in [-0.4, -0.2) is 37.1 Å². The lowest BCUT2D eigenvalue weighted by Crippen LogP contribution is -2.39. The molecular formula is C20H19N5O. The Morgan fingerprint density at radius 1 is 1.04 bits per heavy atom. The zero-order valence-corrected chi connectivity index (χ0v) is 14.4. The van der Waals surface area contributed by atoms with Gasteiger partial charge in [-0.05, 0) is 48.6 Å². The van der Waals surface area contributed by atoms with E-state index in [2.05, 4.69) is 25.8 Å². The van der Waals surface area contributed by atoms with Gasteiger partial charge in [0.1, 0.15) is 0 Å². The molecule has 0 atom stereocenters. The van der Waals surface area contributed by atoms with E-state index in [1.54, 1.807) is 12.4 Å². The number of hydrogen-bond acceptors (Lipinski definition) is 4. The average Bonchev–Trinajstić information content (AvgIpc) is 3.34. The third kappa shape index (κ3) is 2.41. The summed E-state index contributed by atoms with van der Waals surface area (Å²) in [5, 5.41) is 8.65. The van der Waals surface area contributed by atoms with E-state index >= 15 is 0 Å². The highest BCUT2D eigenvalue weighted by molar-refractivity contribution is 5.96. The number of carbonyl (C=O) groups is 1. The summed E-state index contributed by atoms with van der Waals surface area (Å²) in [6.45, 7) is 1.86. The van der Waals surface area contributed by atoms with Crippen molar-refractivity contribution in [3.05, 3.63) is 65.2 Å². The maximum Gasteiger partial charge on any atom is 0.254 e. The molecule has 1 aliphatic heterocycles. The first kappa shape index (κ1) is 15.3. The van der Waals surface area contributed by atoms with E-state index in [-0.39, 0.29) is 5.91 Å². The molecule has 6 nitrogen and oxygen atoms in total. The molecular weight excluding hydrogens is 326 g/mol. The van der Waals surface area contributed by atoms with Crippen molar-refractivity contribution in [2.45, 2.75) is 32.4 Å². The van der Waals surface area contributed by atoms with Crippen molar-refractivity contribution in [2.24, 2.45) is 0 Å². The SMILES string of the molecule is O=C(c1cccc2c1CCC2)N1CCn2c(nnc2-c2cccnc2)C1. The molecule has 2 aromatic heterocycles. The van der Waals surface area contributed by atoms with Crippen LogP contribution in [0.15, 0.2) is 42.7 Å².